The van der Waals surface area contributed by atoms with Crippen molar-refractivity contribution in [3.63, 3.8) is 0 Å². The first-order valence-corrected chi connectivity index (χ1v) is 9.70. The van der Waals surface area contributed by atoms with Crippen molar-refractivity contribution in [3.8, 4) is 11.5 Å². The predicted molar refractivity (Wildman–Crippen MR) is 99.9 cm³/mol. The third-order valence-electron chi connectivity index (χ3n) is 5.12. The lowest BCUT2D eigenvalue weighted by Gasteiger charge is -2.26. The Labute approximate surface area is 170 Å². The molecule has 4 amide bonds. The van der Waals surface area contributed by atoms with Gasteiger partial charge in [0.15, 0.2) is 0 Å². The Morgan fingerprint density at radius 3 is 2.70 bits per heavy atom. The molecule has 2 aromatic rings. The number of carbonyl (C=O) groups excluding carboxylic acids is 3. The first kappa shape index (κ1) is 20.0. The second-order valence-corrected chi connectivity index (χ2v) is 7.31. The molecule has 0 spiro atoms. The summed E-state index contributed by atoms with van der Waals surface area (Å²) in [5, 5.41) is 2.55. The molecule has 4 rings (SSSR count). The first-order valence-electron chi connectivity index (χ1n) is 9.70. The number of halogens is 2. The average Bonchev–Trinajstić information content (AvgIpc) is 3.23. The molecule has 1 aromatic carbocycles. The maximum Gasteiger partial charge on any atom is 0.324 e. The van der Waals surface area contributed by atoms with E-state index in [2.05, 4.69) is 10.3 Å². The van der Waals surface area contributed by atoms with E-state index in [1.54, 1.807) is 0 Å². The molecular formula is C20H20F2N4O4. The Kier molecular flexibility index (Phi) is 5.23. The highest BCUT2D eigenvalue weighted by Gasteiger charge is 2.39. The lowest BCUT2D eigenvalue weighted by molar-refractivity contribution is -0.136. The van der Waals surface area contributed by atoms with Crippen molar-refractivity contribution in [1.29, 1.82) is 0 Å². The van der Waals surface area contributed by atoms with Gasteiger partial charge in [0.1, 0.15) is 29.1 Å². The van der Waals surface area contributed by atoms with E-state index in [-0.39, 0.29) is 30.3 Å². The molecule has 158 valence electrons. The van der Waals surface area contributed by atoms with Gasteiger partial charge in [0.05, 0.1) is 13.0 Å². The van der Waals surface area contributed by atoms with Crippen molar-refractivity contribution in [3.05, 3.63) is 41.3 Å². The van der Waals surface area contributed by atoms with Crippen molar-refractivity contribution >= 4 is 17.8 Å². The molecule has 8 nitrogen and oxygen atoms in total. The standard InChI is InChI=1S/C20H20F2N4O4/c1-2-4-26-19(28)14(24-20(26)29)9-17(27)25-5-3-16-15(10-25)23-18(30-16)11-6-12(21)8-13(22)7-11/h6-8,14H,2-5,9-10H2,1H3,(H,24,29). The van der Waals surface area contributed by atoms with Crippen LogP contribution in [0.1, 0.15) is 31.2 Å². The van der Waals surface area contributed by atoms with Gasteiger partial charge in [-0.1, -0.05) is 6.92 Å². The van der Waals surface area contributed by atoms with Gasteiger partial charge in [-0.3, -0.25) is 14.5 Å². The van der Waals surface area contributed by atoms with Crippen molar-refractivity contribution < 1.29 is 27.6 Å². The molecule has 1 aromatic heterocycles. The number of aromatic nitrogens is 1. The summed E-state index contributed by atoms with van der Waals surface area (Å²) in [5.41, 5.74) is 0.679. The Morgan fingerprint density at radius 2 is 2.00 bits per heavy atom. The second-order valence-electron chi connectivity index (χ2n) is 7.31. The van der Waals surface area contributed by atoms with Gasteiger partial charge in [0.25, 0.3) is 5.91 Å². The molecule has 30 heavy (non-hydrogen) atoms. The first-order chi connectivity index (χ1) is 14.4. The van der Waals surface area contributed by atoms with E-state index in [4.69, 9.17) is 4.42 Å². The number of hydrogen-bond acceptors (Lipinski definition) is 5. The third-order valence-corrected chi connectivity index (χ3v) is 5.12. The van der Waals surface area contributed by atoms with E-state index in [1.807, 2.05) is 6.92 Å². The summed E-state index contributed by atoms with van der Waals surface area (Å²) >= 11 is 0. The fourth-order valence-electron chi connectivity index (χ4n) is 3.67. The van der Waals surface area contributed by atoms with Crippen LogP contribution >= 0.6 is 0 Å². The van der Waals surface area contributed by atoms with Gasteiger partial charge in [-0.2, -0.15) is 0 Å². The fourth-order valence-corrected chi connectivity index (χ4v) is 3.67. The van der Waals surface area contributed by atoms with Gasteiger partial charge in [0.2, 0.25) is 11.8 Å². The van der Waals surface area contributed by atoms with Crippen LogP contribution in [0.4, 0.5) is 13.6 Å². The average molecular weight is 418 g/mol. The fraction of sp³-hybridized carbons (Fsp3) is 0.400. The minimum Gasteiger partial charge on any atom is -0.441 e. The zero-order valence-electron chi connectivity index (χ0n) is 16.3. The smallest absolute Gasteiger partial charge is 0.324 e. The van der Waals surface area contributed by atoms with Crippen LogP contribution in [0.25, 0.3) is 11.5 Å². The van der Waals surface area contributed by atoms with E-state index in [0.29, 0.717) is 37.4 Å². The number of imide groups is 1. The molecule has 1 unspecified atom stereocenters. The van der Waals surface area contributed by atoms with Gasteiger partial charge >= 0.3 is 6.03 Å². The van der Waals surface area contributed by atoms with Crippen LogP contribution in [0.2, 0.25) is 0 Å². The molecule has 2 aliphatic heterocycles. The summed E-state index contributed by atoms with van der Waals surface area (Å²) in [6.45, 7) is 2.67. The molecule has 3 heterocycles. The molecular weight excluding hydrogens is 398 g/mol. The van der Waals surface area contributed by atoms with E-state index in [0.717, 1.165) is 23.1 Å². The second kappa shape index (κ2) is 7.85. The Hall–Kier alpha value is -3.30. The highest BCUT2D eigenvalue weighted by molar-refractivity contribution is 6.05. The van der Waals surface area contributed by atoms with E-state index < -0.39 is 29.6 Å². The van der Waals surface area contributed by atoms with Crippen LogP contribution in [0.3, 0.4) is 0 Å². The molecule has 0 radical (unpaired) electrons. The number of rotatable bonds is 5. The Balaban J connectivity index is 1.44. The van der Waals surface area contributed by atoms with Gasteiger partial charge in [-0.05, 0) is 18.6 Å². The largest absolute Gasteiger partial charge is 0.441 e. The molecule has 0 aliphatic carbocycles. The van der Waals surface area contributed by atoms with Crippen molar-refractivity contribution in [1.82, 2.24) is 20.1 Å². The Morgan fingerprint density at radius 1 is 1.27 bits per heavy atom. The minimum absolute atomic E-state index is 0.0844. The lowest BCUT2D eigenvalue weighted by Crippen LogP contribution is -2.41. The normalized spacial score (nSPS) is 18.6. The number of hydrogen-bond donors (Lipinski definition) is 1. The van der Waals surface area contributed by atoms with Gasteiger partial charge in [-0.25, -0.2) is 18.6 Å². The minimum atomic E-state index is -0.874. The summed E-state index contributed by atoms with van der Waals surface area (Å²) in [6.07, 6.45) is 0.886. The monoisotopic (exact) mass is 418 g/mol. The number of carbonyl (C=O) groups is 3. The van der Waals surface area contributed by atoms with Crippen LogP contribution in [0, 0.1) is 11.6 Å². The van der Waals surface area contributed by atoms with Crippen LogP contribution in [-0.2, 0) is 22.6 Å². The summed E-state index contributed by atoms with van der Waals surface area (Å²) < 4.78 is 32.6. The maximum absolute atomic E-state index is 13.5. The number of fused-ring (bicyclic) bond motifs is 1. The SMILES string of the molecule is CCCN1C(=O)NC(CC(=O)N2CCc3oc(-c4cc(F)cc(F)c4)nc3C2)C1=O. The molecule has 1 fully saturated rings. The van der Waals surface area contributed by atoms with Crippen LogP contribution in [-0.4, -0.2) is 51.8 Å². The van der Waals surface area contributed by atoms with Crippen LogP contribution < -0.4 is 5.32 Å². The van der Waals surface area contributed by atoms with Crippen molar-refractivity contribution in [2.75, 3.05) is 13.1 Å². The number of nitrogens with zero attached hydrogens (tertiary/aromatic N) is 3. The molecule has 10 heteroatoms. The summed E-state index contributed by atoms with van der Waals surface area (Å²) in [4.78, 5) is 43.8. The number of oxazole rings is 1. The third kappa shape index (κ3) is 3.77. The maximum atomic E-state index is 13.5. The lowest BCUT2D eigenvalue weighted by atomic mass is 10.1. The number of urea groups is 1. The van der Waals surface area contributed by atoms with Gasteiger partial charge in [-0.15, -0.1) is 0 Å². The molecule has 1 saturated heterocycles. The van der Waals surface area contributed by atoms with Gasteiger partial charge < -0.3 is 14.6 Å². The molecule has 0 saturated carbocycles. The molecule has 1 N–H and O–H groups in total. The Bertz CT molecular complexity index is 1000. The summed E-state index contributed by atoms with van der Waals surface area (Å²) in [5.74, 6) is -1.53. The highest BCUT2D eigenvalue weighted by atomic mass is 19.1. The summed E-state index contributed by atoms with van der Waals surface area (Å²) in [7, 11) is 0. The summed E-state index contributed by atoms with van der Waals surface area (Å²) in [6, 6.07) is 1.65. The van der Waals surface area contributed by atoms with E-state index in [9.17, 15) is 23.2 Å². The number of nitrogens with one attached hydrogen (secondary N) is 1. The van der Waals surface area contributed by atoms with E-state index in [1.165, 1.54) is 4.90 Å². The van der Waals surface area contributed by atoms with Crippen LogP contribution in [0.15, 0.2) is 22.6 Å². The topological polar surface area (TPSA) is 95.8 Å². The van der Waals surface area contributed by atoms with Crippen molar-refractivity contribution in [2.24, 2.45) is 0 Å². The molecule has 2 aliphatic rings. The number of benzene rings is 1. The zero-order valence-corrected chi connectivity index (χ0v) is 16.3. The predicted octanol–water partition coefficient (Wildman–Crippen LogP) is 2.22. The zero-order chi connectivity index (χ0) is 21.4. The molecule has 0 bridgehead atoms. The van der Waals surface area contributed by atoms with E-state index >= 15 is 0 Å². The van der Waals surface area contributed by atoms with Gasteiger partial charge in [0, 0.05) is 31.1 Å². The van der Waals surface area contributed by atoms with Crippen molar-refractivity contribution in [2.45, 2.75) is 38.8 Å². The number of amides is 4. The van der Waals surface area contributed by atoms with Crippen LogP contribution in [0.5, 0.6) is 0 Å². The quantitative estimate of drug-likeness (QED) is 0.752. The highest BCUT2D eigenvalue weighted by Crippen LogP contribution is 2.27. The molecule has 1 atom stereocenters.